The summed E-state index contributed by atoms with van der Waals surface area (Å²) in [4.78, 5) is 23.5. The number of hydrogen-bond acceptors (Lipinski definition) is 11. The van der Waals surface area contributed by atoms with Crippen LogP contribution in [0.2, 0.25) is 27.3 Å². The standard InChI is InChI=1S/3C13H18N2.C7H14N2.C7H11NO.C7H8.C6H7N.C4H12B2.7C2H6/c3*1-2-4-12(5-3-1)14-13-10-15-8-6-11(13)7-9-15;8-7-5-9-3-1-6(7)2-4-9;9-7-5-8-3-1-6(7)2-4-8;1-7-5-3-2-4-6-7;7-6-4-2-1-3-5-6;1-5(2)6(3)4;7*1-2/h3*1-5,11,13-14H,6-10H2;6-7H,1-5,8H2;6H,1-5H2;2-6H,1H3;1-5H,7H2;1-4H3;7*1-2H3/t3*13-;7-;;;;;;;;;;;/m0000.........../s1. The molecule has 15 fully saturated rings. The molecule has 0 radical (unpaired) electrons. The number of nitrogens with zero attached hydrogens (tertiary/aromatic N) is 5. The quantitative estimate of drug-likeness (QED) is 0.0791. The van der Waals surface area contributed by atoms with Crippen molar-refractivity contribution in [3.63, 3.8) is 0 Å². The number of piperidine rings is 15. The van der Waals surface area contributed by atoms with Crippen LogP contribution in [0.3, 0.4) is 0 Å². The van der Waals surface area contributed by atoms with Gasteiger partial charge in [-0.05, 0) is 209 Å². The molecule has 7 N–H and O–H groups in total. The number of hydrogen-bond donors (Lipinski definition) is 5. The Bertz CT molecular complexity index is 2290. The summed E-state index contributed by atoms with van der Waals surface area (Å²) in [5.41, 5.74) is 17.2. The minimum absolute atomic E-state index is 0.440. The molecule has 20 rings (SSSR count). The Morgan fingerprint density at radius 1 is 0.340 bits per heavy atom. The van der Waals surface area contributed by atoms with Crippen molar-refractivity contribution in [1.82, 2.24) is 24.5 Å². The number of nitrogens with two attached hydrogens (primary N) is 2. The van der Waals surface area contributed by atoms with E-state index < -0.39 is 0 Å². The highest BCUT2D eigenvalue weighted by atomic mass is 16.1. The molecule has 5 aromatic carbocycles. The lowest BCUT2D eigenvalue weighted by atomic mass is 9.12. The van der Waals surface area contributed by atoms with E-state index in [4.69, 9.17) is 11.5 Å². The molecule has 13 heteroatoms. The minimum atomic E-state index is 0.440. The fraction of sp³-hybridized carbons (Fsp3) is 0.631. The molecule has 0 amide bonds. The topological polar surface area (TPSA) is 121 Å². The van der Waals surface area contributed by atoms with Gasteiger partial charge in [0.2, 0.25) is 0 Å². The number of fused-ring (bicyclic) bond motifs is 15. The second kappa shape index (κ2) is 56.6. The Kier molecular flexibility index (Phi) is 52.4. The lowest BCUT2D eigenvalue weighted by molar-refractivity contribution is -0.130. The van der Waals surface area contributed by atoms with E-state index in [-0.39, 0.29) is 0 Å². The maximum absolute atomic E-state index is 11.0. The summed E-state index contributed by atoms with van der Waals surface area (Å²) >= 11 is 0. The first-order chi connectivity index (χ1) is 47.4. The molecule has 5 aromatic rings. The van der Waals surface area contributed by atoms with Crippen LogP contribution in [0.15, 0.2) is 152 Å². The lowest BCUT2D eigenvalue weighted by Gasteiger charge is -2.45. The van der Waals surface area contributed by atoms with E-state index in [1.165, 1.54) is 146 Å². The number of ketones is 1. The van der Waals surface area contributed by atoms with E-state index in [2.05, 4.69) is 178 Å². The molecule has 546 valence electrons. The van der Waals surface area contributed by atoms with Crippen LogP contribution < -0.4 is 27.4 Å². The SMILES string of the molecule is CB(C)B(C)C.CC.CC.CC.CC.CC.CC.CC.Cc1ccccc1.N[C@H]1CN2CCC1CC2.Nc1ccccc1.O=C1CN2CCC1CC2.c1ccc(N[C@H]2CN3CCC2CC3)cc1.c1ccc(N[C@H]2CN3CCC2CC3)cc1.c1ccc(N[C@H]2CN3CCC2CC3)cc1. The third-order valence-corrected chi connectivity index (χ3v) is 19.5. The van der Waals surface area contributed by atoms with Crippen molar-refractivity contribution in [2.24, 2.45) is 35.3 Å². The highest BCUT2D eigenvalue weighted by Gasteiger charge is 2.37. The molecule has 0 aliphatic carbocycles. The molecule has 0 saturated carbocycles. The summed E-state index contributed by atoms with van der Waals surface area (Å²) < 4.78 is 0. The normalized spacial score (nSPS) is 26.4. The first-order valence-electron chi connectivity index (χ1n) is 39.6. The number of anilines is 4. The van der Waals surface area contributed by atoms with E-state index in [1.54, 1.807) is 0 Å². The van der Waals surface area contributed by atoms with Crippen molar-refractivity contribution in [3.05, 3.63) is 157 Å². The zero-order valence-corrected chi connectivity index (χ0v) is 65.8. The van der Waals surface area contributed by atoms with Gasteiger partial charge in [0.1, 0.15) is 19.0 Å². The first-order valence-corrected chi connectivity index (χ1v) is 39.6. The molecule has 10 bridgehead atoms. The van der Waals surface area contributed by atoms with Crippen LogP contribution in [0.1, 0.15) is 167 Å². The molecule has 0 spiro atoms. The highest BCUT2D eigenvalue weighted by molar-refractivity contribution is 7.20. The maximum atomic E-state index is 11.0. The molecule has 15 saturated heterocycles. The van der Waals surface area contributed by atoms with Gasteiger partial charge in [0, 0.05) is 79.0 Å². The fourth-order valence-electron chi connectivity index (χ4n) is 13.4. The number of carbonyl (C=O) groups is 1. The predicted octanol–water partition coefficient (Wildman–Crippen LogP) is 18.9. The Balaban J connectivity index is 0.000000550. The summed E-state index contributed by atoms with van der Waals surface area (Å²) in [6, 6.07) is 54.1. The van der Waals surface area contributed by atoms with E-state index in [1.807, 2.05) is 145 Å². The third-order valence-electron chi connectivity index (χ3n) is 19.5. The largest absolute Gasteiger partial charge is 0.399 e. The van der Waals surface area contributed by atoms with E-state index in [9.17, 15) is 4.79 Å². The van der Waals surface area contributed by atoms with Crippen LogP contribution in [0, 0.1) is 36.5 Å². The molecular formula is C84H148B2N10O. The summed E-state index contributed by atoms with van der Waals surface area (Å²) in [6.45, 7) is 59.2. The summed E-state index contributed by atoms with van der Waals surface area (Å²) in [5.74, 6) is 4.47. The summed E-state index contributed by atoms with van der Waals surface area (Å²) in [5, 5.41) is 11.0. The maximum Gasteiger partial charge on any atom is 0.149 e. The van der Waals surface area contributed by atoms with Gasteiger partial charge in [-0.3, -0.25) is 9.69 Å². The fourth-order valence-corrected chi connectivity index (χ4v) is 13.4. The molecular weight excluding hydrogens is 1190 g/mol. The van der Waals surface area contributed by atoms with Crippen molar-refractivity contribution in [2.75, 3.05) is 120 Å². The Morgan fingerprint density at radius 2 is 0.588 bits per heavy atom. The second-order valence-corrected chi connectivity index (χ2v) is 26.1. The number of Topliss-reactive ketones (excluding diaryl/α,β-unsaturated/α-hetero) is 1. The number of para-hydroxylation sites is 4. The van der Waals surface area contributed by atoms with E-state index in [0.717, 1.165) is 81.6 Å². The number of nitrogens with one attached hydrogen (secondary N) is 3. The Labute approximate surface area is 599 Å². The summed E-state index contributed by atoms with van der Waals surface area (Å²) in [6.07, 6.45) is 13.2. The van der Waals surface area contributed by atoms with Crippen LogP contribution in [0.25, 0.3) is 0 Å². The van der Waals surface area contributed by atoms with Gasteiger partial charge in [-0.25, -0.2) is 0 Å². The number of aryl methyl sites for hydroxylation is 1. The average molecular weight is 1340 g/mol. The monoisotopic (exact) mass is 1340 g/mol. The smallest absolute Gasteiger partial charge is 0.149 e. The van der Waals surface area contributed by atoms with Crippen LogP contribution >= 0.6 is 0 Å². The van der Waals surface area contributed by atoms with Gasteiger partial charge >= 0.3 is 0 Å². The van der Waals surface area contributed by atoms with Gasteiger partial charge < -0.3 is 47.0 Å². The molecule has 97 heavy (non-hydrogen) atoms. The molecule has 4 atom stereocenters. The highest BCUT2D eigenvalue weighted by Crippen LogP contribution is 2.32. The Hall–Kier alpha value is -5.14. The van der Waals surface area contributed by atoms with Gasteiger partial charge in [-0.2, -0.15) is 0 Å². The van der Waals surface area contributed by atoms with Gasteiger partial charge in [-0.15, -0.1) is 0 Å². The van der Waals surface area contributed by atoms with Crippen molar-refractivity contribution in [3.8, 4) is 0 Å². The molecule has 15 aliphatic heterocycles. The second-order valence-electron chi connectivity index (χ2n) is 26.1. The van der Waals surface area contributed by atoms with Crippen LogP contribution in [-0.4, -0.2) is 166 Å². The third kappa shape index (κ3) is 36.2. The number of benzene rings is 5. The number of nitrogen functional groups attached to an aromatic ring is 1. The van der Waals surface area contributed by atoms with Gasteiger partial charge in [0.25, 0.3) is 0 Å². The van der Waals surface area contributed by atoms with Gasteiger partial charge in [0.15, 0.2) is 0 Å². The number of rotatable bonds is 7. The molecule has 15 heterocycles. The number of carbonyl (C=O) groups excluding carboxylic acids is 1. The van der Waals surface area contributed by atoms with Gasteiger partial charge in [0.05, 0.1) is 6.54 Å². The van der Waals surface area contributed by atoms with Crippen molar-refractivity contribution in [2.45, 2.75) is 220 Å². The minimum Gasteiger partial charge on any atom is -0.399 e. The Morgan fingerprint density at radius 3 is 0.732 bits per heavy atom. The zero-order valence-electron chi connectivity index (χ0n) is 65.8. The lowest BCUT2D eigenvalue weighted by Crippen LogP contribution is -2.54. The molecule has 15 aliphatic rings. The van der Waals surface area contributed by atoms with Crippen molar-refractivity contribution < 1.29 is 4.79 Å². The van der Waals surface area contributed by atoms with Gasteiger partial charge in [-0.1, -0.05) is 233 Å². The van der Waals surface area contributed by atoms with Crippen molar-refractivity contribution >= 4 is 41.7 Å². The van der Waals surface area contributed by atoms with E-state index in [0.29, 0.717) is 35.9 Å². The summed E-state index contributed by atoms with van der Waals surface area (Å²) in [7, 11) is 0. The van der Waals surface area contributed by atoms with Crippen LogP contribution in [0.5, 0.6) is 0 Å². The average Bonchev–Trinajstić information content (AvgIpc) is 1.01. The molecule has 0 unspecified atom stereocenters. The van der Waals surface area contributed by atoms with E-state index >= 15 is 0 Å². The molecule has 11 nitrogen and oxygen atoms in total. The van der Waals surface area contributed by atoms with Crippen molar-refractivity contribution in [1.29, 1.82) is 0 Å². The predicted molar refractivity (Wildman–Crippen MR) is 437 cm³/mol. The molecule has 0 aromatic heterocycles. The zero-order chi connectivity index (χ0) is 72.2. The van der Waals surface area contributed by atoms with Crippen LogP contribution in [-0.2, 0) is 4.79 Å². The first kappa shape index (κ1) is 89.9. The van der Waals surface area contributed by atoms with Crippen LogP contribution in [0.4, 0.5) is 22.7 Å².